The van der Waals surface area contributed by atoms with E-state index in [1.165, 1.54) is 0 Å². The molecule has 3 heterocycles. The molecule has 4 rings (SSSR count). The number of hydrogen-bond donors (Lipinski definition) is 2. The molecule has 1 aliphatic rings. The maximum absolute atomic E-state index is 12.6. The molecule has 0 fully saturated rings. The lowest BCUT2D eigenvalue weighted by molar-refractivity contribution is -0.116. The van der Waals surface area contributed by atoms with E-state index in [1.54, 1.807) is 24.5 Å². The van der Waals surface area contributed by atoms with Gasteiger partial charge in [0.05, 0.1) is 5.56 Å². The van der Waals surface area contributed by atoms with Crippen LogP contribution in [-0.4, -0.2) is 33.4 Å². The molecule has 154 valence electrons. The number of anilines is 2. The maximum Gasteiger partial charge on any atom is 0.256 e. The summed E-state index contributed by atoms with van der Waals surface area (Å²) in [7, 11) is 1.87. The highest BCUT2D eigenvalue weighted by Gasteiger charge is 2.31. The molecule has 0 saturated heterocycles. The fraction of sp³-hybridized carbons (Fsp3) is 0.273. The summed E-state index contributed by atoms with van der Waals surface area (Å²) in [5.74, 6) is 1.29. The average molecular weight is 404 g/mol. The average Bonchev–Trinajstić information content (AvgIpc) is 3.23. The van der Waals surface area contributed by atoms with Crippen molar-refractivity contribution in [2.75, 3.05) is 17.3 Å². The van der Waals surface area contributed by atoms with Crippen LogP contribution in [0.2, 0.25) is 0 Å². The van der Waals surface area contributed by atoms with Gasteiger partial charge in [0.1, 0.15) is 17.8 Å². The lowest BCUT2D eigenvalue weighted by Crippen LogP contribution is -2.45. The van der Waals surface area contributed by atoms with Crippen molar-refractivity contribution < 1.29 is 9.59 Å². The van der Waals surface area contributed by atoms with E-state index in [2.05, 4.69) is 20.6 Å². The highest BCUT2D eigenvalue weighted by atomic mass is 16.2. The minimum atomic E-state index is -0.434. The predicted octanol–water partition coefficient (Wildman–Crippen LogP) is 2.75. The summed E-state index contributed by atoms with van der Waals surface area (Å²) in [5, 5.41) is 6.00. The molecule has 2 N–H and O–H groups in total. The first-order valence-electron chi connectivity index (χ1n) is 9.96. The van der Waals surface area contributed by atoms with Crippen molar-refractivity contribution >= 4 is 23.3 Å². The van der Waals surface area contributed by atoms with Gasteiger partial charge in [-0.25, -0.2) is 9.97 Å². The number of amides is 2. The lowest BCUT2D eigenvalue weighted by atomic mass is 10.0. The lowest BCUT2D eigenvalue weighted by Gasteiger charge is -2.36. The van der Waals surface area contributed by atoms with E-state index in [9.17, 15) is 9.59 Å². The van der Waals surface area contributed by atoms with Gasteiger partial charge in [-0.15, -0.1) is 0 Å². The number of fused-ring (bicyclic) bond motifs is 1. The largest absolute Gasteiger partial charge is 0.335 e. The number of carbonyl (C=O) groups is 2. The van der Waals surface area contributed by atoms with Crippen LogP contribution in [0.1, 0.15) is 41.3 Å². The molecule has 0 aliphatic carbocycles. The first-order valence-corrected chi connectivity index (χ1v) is 9.96. The van der Waals surface area contributed by atoms with Crippen LogP contribution < -0.4 is 15.5 Å². The molecule has 8 heteroatoms. The van der Waals surface area contributed by atoms with Crippen molar-refractivity contribution in [3.8, 4) is 0 Å². The zero-order chi connectivity index (χ0) is 21.1. The Labute approximate surface area is 175 Å². The summed E-state index contributed by atoms with van der Waals surface area (Å²) in [6.07, 6.45) is 6.02. The Balaban J connectivity index is 1.52. The third-order valence-corrected chi connectivity index (χ3v) is 5.25. The van der Waals surface area contributed by atoms with Gasteiger partial charge in [-0.05, 0) is 18.2 Å². The number of benzene rings is 1. The standard InChI is InChI=1S/C22H24N6O2/c1-3-18-23-12-14-28(18)13-10-19(29)25-17-9-5-4-7-15(17)21-26-22(30)16-8-6-11-24-20(16)27(21)2/h4-9,11-12,14,21H,3,10,13H2,1-2H3,(H,25,29)(H,26,30)/t21-/m1/s1. The number of nitrogens with zero attached hydrogens (tertiary/aromatic N) is 4. The summed E-state index contributed by atoms with van der Waals surface area (Å²) in [5.41, 5.74) is 2.00. The van der Waals surface area contributed by atoms with Crippen LogP contribution in [0.4, 0.5) is 11.5 Å². The van der Waals surface area contributed by atoms with Gasteiger partial charge in [0, 0.05) is 56.3 Å². The number of aryl methyl sites for hydroxylation is 2. The number of pyridine rings is 1. The molecule has 0 radical (unpaired) electrons. The van der Waals surface area contributed by atoms with E-state index >= 15 is 0 Å². The van der Waals surface area contributed by atoms with E-state index in [1.807, 2.05) is 53.9 Å². The van der Waals surface area contributed by atoms with Gasteiger partial charge in [-0.1, -0.05) is 25.1 Å². The summed E-state index contributed by atoms with van der Waals surface area (Å²) in [6, 6.07) is 11.0. The third-order valence-electron chi connectivity index (χ3n) is 5.25. The molecule has 0 unspecified atom stereocenters. The number of para-hydroxylation sites is 1. The van der Waals surface area contributed by atoms with E-state index in [0.29, 0.717) is 30.0 Å². The molecule has 2 amide bonds. The fourth-order valence-electron chi connectivity index (χ4n) is 3.70. The van der Waals surface area contributed by atoms with Crippen molar-refractivity contribution in [1.29, 1.82) is 0 Å². The molecule has 1 aliphatic heterocycles. The summed E-state index contributed by atoms with van der Waals surface area (Å²) in [6.45, 7) is 2.60. The number of carbonyl (C=O) groups excluding carboxylic acids is 2. The highest BCUT2D eigenvalue weighted by molar-refractivity contribution is 6.01. The van der Waals surface area contributed by atoms with Crippen molar-refractivity contribution in [2.24, 2.45) is 0 Å². The highest BCUT2D eigenvalue weighted by Crippen LogP contribution is 2.33. The van der Waals surface area contributed by atoms with Crippen molar-refractivity contribution in [3.05, 3.63) is 71.9 Å². The topological polar surface area (TPSA) is 92.2 Å². The van der Waals surface area contributed by atoms with E-state index in [0.717, 1.165) is 17.8 Å². The fourth-order valence-corrected chi connectivity index (χ4v) is 3.70. The quantitative estimate of drug-likeness (QED) is 0.659. The molecule has 0 bridgehead atoms. The molecule has 0 spiro atoms. The Hall–Kier alpha value is -3.68. The number of nitrogens with one attached hydrogen (secondary N) is 2. The predicted molar refractivity (Wildman–Crippen MR) is 114 cm³/mol. The third kappa shape index (κ3) is 3.76. The number of imidazole rings is 1. The van der Waals surface area contributed by atoms with Gasteiger partial charge in [0.2, 0.25) is 5.91 Å². The molecule has 2 aromatic heterocycles. The minimum Gasteiger partial charge on any atom is -0.335 e. The van der Waals surface area contributed by atoms with Crippen LogP contribution >= 0.6 is 0 Å². The zero-order valence-electron chi connectivity index (χ0n) is 17.0. The SMILES string of the molecule is CCc1nccn1CCC(=O)Nc1ccccc1[C@@H]1NC(=O)c2cccnc2N1C. The molecule has 30 heavy (non-hydrogen) atoms. The second-order valence-electron chi connectivity index (χ2n) is 7.14. The Bertz CT molecular complexity index is 1080. The Morgan fingerprint density at radius 1 is 1.17 bits per heavy atom. The van der Waals surface area contributed by atoms with Crippen molar-refractivity contribution in [1.82, 2.24) is 19.9 Å². The molecular weight excluding hydrogens is 380 g/mol. The van der Waals surface area contributed by atoms with E-state index in [4.69, 9.17) is 0 Å². The first-order chi connectivity index (χ1) is 14.6. The number of aromatic nitrogens is 3. The molecule has 1 aromatic carbocycles. The molecule has 1 atom stereocenters. The second kappa shape index (κ2) is 8.36. The molecular formula is C22H24N6O2. The van der Waals surface area contributed by atoms with Gasteiger partial charge in [-0.2, -0.15) is 0 Å². The summed E-state index contributed by atoms with van der Waals surface area (Å²) in [4.78, 5) is 35.7. The van der Waals surface area contributed by atoms with Crippen molar-refractivity contribution in [2.45, 2.75) is 32.5 Å². The number of rotatable bonds is 6. The molecule has 3 aromatic rings. The number of hydrogen-bond acceptors (Lipinski definition) is 5. The van der Waals surface area contributed by atoms with Crippen LogP contribution in [0, 0.1) is 0 Å². The van der Waals surface area contributed by atoms with Crippen LogP contribution in [0.25, 0.3) is 0 Å². The van der Waals surface area contributed by atoms with E-state index < -0.39 is 6.17 Å². The van der Waals surface area contributed by atoms with Crippen LogP contribution in [0.3, 0.4) is 0 Å². The van der Waals surface area contributed by atoms with Gasteiger partial charge in [-0.3, -0.25) is 9.59 Å². The van der Waals surface area contributed by atoms with Gasteiger partial charge < -0.3 is 20.1 Å². The monoisotopic (exact) mass is 404 g/mol. The Morgan fingerprint density at radius 2 is 2.00 bits per heavy atom. The van der Waals surface area contributed by atoms with Crippen LogP contribution in [0.5, 0.6) is 0 Å². The van der Waals surface area contributed by atoms with Crippen LogP contribution in [0.15, 0.2) is 55.0 Å². The van der Waals surface area contributed by atoms with E-state index in [-0.39, 0.29) is 11.8 Å². The smallest absolute Gasteiger partial charge is 0.256 e. The zero-order valence-corrected chi connectivity index (χ0v) is 17.0. The van der Waals surface area contributed by atoms with Gasteiger partial charge >= 0.3 is 0 Å². The minimum absolute atomic E-state index is 0.0958. The normalized spacial score (nSPS) is 15.5. The van der Waals surface area contributed by atoms with Crippen molar-refractivity contribution in [3.63, 3.8) is 0 Å². The Morgan fingerprint density at radius 3 is 2.83 bits per heavy atom. The first kappa shape index (κ1) is 19.6. The summed E-state index contributed by atoms with van der Waals surface area (Å²) < 4.78 is 1.99. The second-order valence-corrected chi connectivity index (χ2v) is 7.14. The molecule has 0 saturated carbocycles. The molecule has 8 nitrogen and oxygen atoms in total. The van der Waals surface area contributed by atoms with Crippen LogP contribution in [-0.2, 0) is 17.8 Å². The van der Waals surface area contributed by atoms with Gasteiger partial charge in [0.15, 0.2) is 0 Å². The summed E-state index contributed by atoms with van der Waals surface area (Å²) >= 11 is 0. The Kier molecular flexibility index (Phi) is 5.47. The van der Waals surface area contributed by atoms with Gasteiger partial charge in [0.25, 0.3) is 5.91 Å². The maximum atomic E-state index is 12.6.